The Kier molecular flexibility index (Phi) is 7.32. The van der Waals surface area contributed by atoms with Crippen molar-refractivity contribution in [2.24, 2.45) is 0 Å². The lowest BCUT2D eigenvalue weighted by atomic mass is 9.90. The molecular weight excluding hydrogens is 458 g/mol. The van der Waals surface area contributed by atoms with Gasteiger partial charge in [0, 0.05) is 0 Å². The summed E-state index contributed by atoms with van der Waals surface area (Å²) < 4.78 is 34.3. The summed E-state index contributed by atoms with van der Waals surface area (Å²) in [5.41, 5.74) is 2.59. The molecule has 5 nitrogen and oxygen atoms in total. The lowest BCUT2D eigenvalue weighted by molar-refractivity contribution is -0.118. The van der Waals surface area contributed by atoms with Crippen LogP contribution in [0.2, 0.25) is 0 Å². The number of aryl methyl sites for hydroxylation is 1. The molecule has 0 unspecified atom stereocenters. The van der Waals surface area contributed by atoms with Crippen LogP contribution in [0.5, 0.6) is 5.75 Å². The minimum atomic E-state index is -4.21. The lowest BCUT2D eigenvalue weighted by Crippen LogP contribution is -2.40. The number of amides is 1. The Hall–Kier alpha value is -3.90. The van der Waals surface area contributed by atoms with Crippen molar-refractivity contribution in [1.82, 2.24) is 0 Å². The van der Waals surface area contributed by atoms with E-state index in [4.69, 9.17) is 4.74 Å². The Morgan fingerprint density at radius 2 is 1.29 bits per heavy atom. The monoisotopic (exact) mass is 485 g/mol. The summed E-state index contributed by atoms with van der Waals surface area (Å²) in [6, 6.07) is 31.5. The van der Waals surface area contributed by atoms with Gasteiger partial charge in [0.15, 0.2) is 0 Å². The summed E-state index contributed by atoms with van der Waals surface area (Å²) in [6.45, 7) is 4.23. The first-order chi connectivity index (χ1) is 16.9. The third-order valence-electron chi connectivity index (χ3n) is 5.65. The Balaban J connectivity index is 1.89. The topological polar surface area (TPSA) is 63.7 Å². The van der Waals surface area contributed by atoms with Crippen LogP contribution in [-0.2, 0) is 14.8 Å². The normalized spacial score (nSPS) is 11.3. The summed E-state index contributed by atoms with van der Waals surface area (Å²) in [4.78, 5) is 14.3. The van der Waals surface area contributed by atoms with Gasteiger partial charge in [-0.1, -0.05) is 78.4 Å². The number of hydrogen-bond acceptors (Lipinski definition) is 4. The van der Waals surface area contributed by atoms with Crippen molar-refractivity contribution >= 4 is 21.6 Å². The molecule has 0 bridgehead atoms. The highest BCUT2D eigenvalue weighted by Gasteiger charge is 2.37. The SMILES string of the molecule is CCOc1ccc(N(C(=O)C(c2ccccc2)c2ccccc2)S(=O)(=O)c2ccc(C)cc2)cc1. The van der Waals surface area contributed by atoms with Crippen molar-refractivity contribution in [3.8, 4) is 5.75 Å². The van der Waals surface area contributed by atoms with Crippen molar-refractivity contribution in [2.45, 2.75) is 24.7 Å². The second-order valence-electron chi connectivity index (χ2n) is 8.10. The second kappa shape index (κ2) is 10.6. The largest absolute Gasteiger partial charge is 0.494 e. The van der Waals surface area contributed by atoms with Crippen LogP contribution in [0.4, 0.5) is 5.69 Å². The molecule has 0 saturated carbocycles. The van der Waals surface area contributed by atoms with E-state index in [0.29, 0.717) is 23.5 Å². The number of anilines is 1. The Labute approximate surface area is 206 Å². The summed E-state index contributed by atoms with van der Waals surface area (Å²) in [5.74, 6) is -0.782. The minimum Gasteiger partial charge on any atom is -0.494 e. The zero-order chi connectivity index (χ0) is 24.8. The summed E-state index contributed by atoms with van der Waals surface area (Å²) in [7, 11) is -4.21. The number of hydrogen-bond donors (Lipinski definition) is 0. The first-order valence-electron chi connectivity index (χ1n) is 11.4. The number of sulfonamides is 1. The van der Waals surface area contributed by atoms with Crippen molar-refractivity contribution < 1.29 is 17.9 Å². The fourth-order valence-electron chi connectivity index (χ4n) is 3.93. The number of carbonyl (C=O) groups is 1. The standard InChI is InChI=1S/C29H27NO4S/c1-3-34-26-18-16-25(17-19-26)30(35(32,33)27-20-14-22(2)15-21-27)29(31)28(23-10-6-4-7-11-23)24-12-8-5-9-13-24/h4-21,28H,3H2,1-2H3. The van der Waals surface area contributed by atoms with E-state index < -0.39 is 21.8 Å². The molecule has 1 amide bonds. The number of rotatable bonds is 8. The van der Waals surface area contributed by atoms with E-state index in [1.165, 1.54) is 12.1 Å². The van der Waals surface area contributed by atoms with E-state index in [1.807, 2.05) is 74.5 Å². The predicted octanol–water partition coefficient (Wildman–Crippen LogP) is 5.95. The average molecular weight is 486 g/mol. The zero-order valence-electron chi connectivity index (χ0n) is 19.7. The first-order valence-corrected chi connectivity index (χ1v) is 12.8. The molecule has 178 valence electrons. The van der Waals surface area contributed by atoms with Gasteiger partial charge in [0.1, 0.15) is 5.75 Å². The Morgan fingerprint density at radius 3 is 1.77 bits per heavy atom. The number of carbonyl (C=O) groups excluding carboxylic acids is 1. The molecule has 0 aliphatic heterocycles. The van der Waals surface area contributed by atoms with Crippen molar-refractivity contribution in [3.05, 3.63) is 126 Å². The van der Waals surface area contributed by atoms with Crippen LogP contribution < -0.4 is 9.04 Å². The molecule has 0 aromatic heterocycles. The van der Waals surface area contributed by atoms with Gasteiger partial charge in [0.2, 0.25) is 0 Å². The fourth-order valence-corrected chi connectivity index (χ4v) is 5.36. The lowest BCUT2D eigenvalue weighted by Gasteiger charge is -2.28. The van der Waals surface area contributed by atoms with Crippen LogP contribution in [-0.4, -0.2) is 20.9 Å². The molecular formula is C29H27NO4S. The van der Waals surface area contributed by atoms with Crippen LogP contribution in [0.25, 0.3) is 0 Å². The summed E-state index contributed by atoms with van der Waals surface area (Å²) in [5, 5.41) is 0. The van der Waals surface area contributed by atoms with E-state index in [0.717, 1.165) is 9.87 Å². The van der Waals surface area contributed by atoms with E-state index in [9.17, 15) is 13.2 Å². The highest BCUT2D eigenvalue weighted by Crippen LogP contribution is 2.33. The maximum Gasteiger partial charge on any atom is 0.270 e. The van der Waals surface area contributed by atoms with Crippen molar-refractivity contribution in [2.75, 3.05) is 10.9 Å². The van der Waals surface area contributed by atoms with E-state index in [1.54, 1.807) is 36.4 Å². The van der Waals surface area contributed by atoms with Gasteiger partial charge in [0.05, 0.1) is 23.1 Å². The minimum absolute atomic E-state index is 0.0465. The maximum absolute atomic E-state index is 14.3. The molecule has 6 heteroatoms. The molecule has 0 N–H and O–H groups in total. The molecule has 0 saturated heterocycles. The van der Waals surface area contributed by atoms with Gasteiger partial charge >= 0.3 is 0 Å². The van der Waals surface area contributed by atoms with E-state index in [2.05, 4.69) is 0 Å². The molecule has 0 spiro atoms. The summed E-state index contributed by atoms with van der Waals surface area (Å²) >= 11 is 0. The van der Waals surface area contributed by atoms with E-state index >= 15 is 0 Å². The predicted molar refractivity (Wildman–Crippen MR) is 138 cm³/mol. The zero-order valence-corrected chi connectivity index (χ0v) is 20.5. The number of ether oxygens (including phenoxy) is 1. The molecule has 0 heterocycles. The van der Waals surface area contributed by atoms with Gasteiger partial charge in [-0.25, -0.2) is 12.7 Å². The Bertz CT molecular complexity index is 1330. The first kappa shape index (κ1) is 24.2. The summed E-state index contributed by atoms with van der Waals surface area (Å²) in [6.07, 6.45) is 0. The van der Waals surface area contributed by atoms with Crippen LogP contribution in [0.3, 0.4) is 0 Å². The average Bonchev–Trinajstić information content (AvgIpc) is 2.87. The van der Waals surface area contributed by atoms with Crippen molar-refractivity contribution in [1.29, 1.82) is 0 Å². The van der Waals surface area contributed by atoms with Gasteiger partial charge in [-0.15, -0.1) is 0 Å². The second-order valence-corrected chi connectivity index (χ2v) is 9.89. The van der Waals surface area contributed by atoms with Gasteiger partial charge in [0.25, 0.3) is 15.9 Å². The van der Waals surface area contributed by atoms with E-state index in [-0.39, 0.29) is 10.6 Å². The van der Waals surface area contributed by atoms with Gasteiger partial charge < -0.3 is 4.74 Å². The molecule has 0 fully saturated rings. The fraction of sp³-hybridized carbons (Fsp3) is 0.138. The molecule has 0 aliphatic carbocycles. The third kappa shape index (κ3) is 5.28. The molecule has 0 atom stereocenters. The Morgan fingerprint density at radius 1 is 0.771 bits per heavy atom. The molecule has 0 aliphatic rings. The van der Waals surface area contributed by atoms with Crippen LogP contribution in [0.15, 0.2) is 114 Å². The molecule has 4 aromatic carbocycles. The smallest absolute Gasteiger partial charge is 0.270 e. The van der Waals surface area contributed by atoms with Gasteiger partial charge in [-0.2, -0.15) is 0 Å². The quantitative estimate of drug-likeness (QED) is 0.309. The maximum atomic E-state index is 14.3. The van der Waals surface area contributed by atoms with Gasteiger partial charge in [-0.05, 0) is 61.4 Å². The third-order valence-corrected chi connectivity index (χ3v) is 7.39. The number of benzene rings is 4. The van der Waals surface area contributed by atoms with Crippen LogP contribution in [0.1, 0.15) is 29.5 Å². The highest BCUT2D eigenvalue weighted by molar-refractivity contribution is 7.93. The van der Waals surface area contributed by atoms with Crippen LogP contribution in [0, 0.1) is 6.92 Å². The number of nitrogens with zero attached hydrogens (tertiary/aromatic N) is 1. The molecule has 4 aromatic rings. The highest BCUT2D eigenvalue weighted by atomic mass is 32.2. The van der Waals surface area contributed by atoms with Crippen molar-refractivity contribution in [3.63, 3.8) is 0 Å². The molecule has 4 rings (SSSR count). The van der Waals surface area contributed by atoms with Gasteiger partial charge in [-0.3, -0.25) is 4.79 Å². The molecule has 0 radical (unpaired) electrons. The van der Waals surface area contributed by atoms with Crippen LogP contribution >= 0.6 is 0 Å². The molecule has 35 heavy (non-hydrogen) atoms.